The van der Waals surface area contributed by atoms with Crippen LogP contribution in [0.3, 0.4) is 0 Å². The lowest BCUT2D eigenvalue weighted by Gasteiger charge is -2.40. The molecule has 3 atom stereocenters. The lowest BCUT2D eigenvalue weighted by molar-refractivity contribution is -0.124. The molecule has 6 heterocycles. The number of alkyl halides is 1. The van der Waals surface area contributed by atoms with Gasteiger partial charge in [-0.25, -0.2) is 13.6 Å². The Morgan fingerprint density at radius 1 is 0.982 bits per heavy atom. The molecule has 56 heavy (non-hydrogen) atoms. The van der Waals surface area contributed by atoms with Gasteiger partial charge in [0.1, 0.15) is 35.7 Å². The quantitative estimate of drug-likeness (QED) is 0.114. The number of benzene rings is 3. The topological polar surface area (TPSA) is 121 Å². The van der Waals surface area contributed by atoms with Crippen LogP contribution in [-0.4, -0.2) is 90.2 Å². The molecule has 5 aliphatic rings. The maximum absolute atomic E-state index is 15.4. The number of carbonyl (C=O) groups excluding carboxylic acids is 2. The third-order valence-electron chi connectivity index (χ3n) is 12.3. The van der Waals surface area contributed by atoms with E-state index in [4.69, 9.17) is 24.2 Å². The summed E-state index contributed by atoms with van der Waals surface area (Å²) in [6.45, 7) is 5.78. The maximum atomic E-state index is 15.4. The fraction of sp³-hybridized carbons (Fsp3) is 0.476. The van der Waals surface area contributed by atoms with Crippen LogP contribution in [0.4, 0.5) is 25.1 Å². The summed E-state index contributed by atoms with van der Waals surface area (Å²) in [5.74, 6) is 0.680. The van der Waals surface area contributed by atoms with Crippen LogP contribution in [0.1, 0.15) is 61.4 Å². The number of nitrogens with zero attached hydrogens (tertiary/aromatic N) is 5. The normalized spacial score (nSPS) is 24.7. The summed E-state index contributed by atoms with van der Waals surface area (Å²) >= 11 is 0. The molecule has 4 aromatic rings. The highest BCUT2D eigenvalue weighted by molar-refractivity contribution is 6.07. The molecular formula is C42H47F2N7O5. The number of nitrogens with one attached hydrogen (secondary N) is 2. The van der Waals surface area contributed by atoms with Crippen molar-refractivity contribution in [1.82, 2.24) is 25.5 Å². The van der Waals surface area contributed by atoms with Crippen LogP contribution in [0.15, 0.2) is 54.6 Å². The number of hydrogen-bond acceptors (Lipinski definition) is 10. The van der Waals surface area contributed by atoms with Crippen LogP contribution in [-0.2, 0) is 35.5 Å². The number of aryl methyl sites for hydroxylation is 1. The molecule has 14 heteroatoms. The van der Waals surface area contributed by atoms with Crippen molar-refractivity contribution in [3.8, 4) is 11.8 Å². The first-order valence-corrected chi connectivity index (χ1v) is 19.8. The Labute approximate surface area is 324 Å². The first-order valence-electron chi connectivity index (χ1n) is 19.8. The van der Waals surface area contributed by atoms with Crippen LogP contribution in [0, 0.1) is 5.82 Å². The molecule has 3 aromatic carbocycles. The summed E-state index contributed by atoms with van der Waals surface area (Å²) < 4.78 is 48.6. The van der Waals surface area contributed by atoms with Crippen molar-refractivity contribution in [3.05, 3.63) is 82.8 Å². The van der Waals surface area contributed by atoms with E-state index in [0.717, 1.165) is 52.7 Å². The van der Waals surface area contributed by atoms with Crippen molar-refractivity contribution >= 4 is 34.2 Å². The van der Waals surface area contributed by atoms with Crippen LogP contribution < -0.4 is 29.9 Å². The molecule has 0 unspecified atom stereocenters. The number of halogens is 2. The zero-order chi connectivity index (χ0) is 38.4. The van der Waals surface area contributed by atoms with Gasteiger partial charge < -0.3 is 29.3 Å². The number of rotatable bonds is 11. The van der Waals surface area contributed by atoms with Gasteiger partial charge >= 0.3 is 12.0 Å². The zero-order valence-corrected chi connectivity index (χ0v) is 31.6. The molecule has 0 bridgehead atoms. The van der Waals surface area contributed by atoms with Crippen LogP contribution in [0.2, 0.25) is 0 Å². The third kappa shape index (κ3) is 6.76. The zero-order valence-electron chi connectivity index (χ0n) is 31.6. The summed E-state index contributed by atoms with van der Waals surface area (Å²) in [5.41, 5.74) is 2.75. The predicted molar refractivity (Wildman–Crippen MR) is 206 cm³/mol. The van der Waals surface area contributed by atoms with E-state index in [0.29, 0.717) is 82.0 Å². The lowest BCUT2D eigenvalue weighted by Crippen LogP contribution is -2.59. The average Bonchev–Trinajstić information content (AvgIpc) is 3.82. The second-order valence-corrected chi connectivity index (χ2v) is 15.8. The minimum Gasteiger partial charge on any atom is -0.467 e. The monoisotopic (exact) mass is 767 g/mol. The van der Waals surface area contributed by atoms with Crippen molar-refractivity contribution in [1.29, 1.82) is 0 Å². The van der Waals surface area contributed by atoms with Gasteiger partial charge in [-0.2, -0.15) is 9.97 Å². The van der Waals surface area contributed by atoms with Crippen LogP contribution in [0.25, 0.3) is 10.8 Å². The maximum Gasteiger partial charge on any atom is 0.322 e. The van der Waals surface area contributed by atoms with E-state index in [2.05, 4.69) is 25.3 Å². The van der Waals surface area contributed by atoms with E-state index in [1.54, 1.807) is 6.07 Å². The average molecular weight is 768 g/mol. The van der Waals surface area contributed by atoms with Gasteiger partial charge in [-0.3, -0.25) is 15.0 Å². The minimum atomic E-state index is -1.05. The van der Waals surface area contributed by atoms with Crippen LogP contribution in [0.5, 0.6) is 11.8 Å². The van der Waals surface area contributed by atoms with Gasteiger partial charge in [0.25, 0.3) is 5.91 Å². The Bertz CT molecular complexity index is 2160. The predicted octanol–water partition coefficient (Wildman–Crippen LogP) is 5.58. The Hall–Kier alpha value is -5.08. The number of hydrogen-bond donors (Lipinski definition) is 2. The molecule has 2 N–H and O–H groups in total. The Balaban J connectivity index is 1.05. The molecule has 0 saturated carbocycles. The fourth-order valence-corrected chi connectivity index (χ4v) is 9.61. The number of anilines is 2. The van der Waals surface area contributed by atoms with Gasteiger partial charge in [0.05, 0.1) is 30.9 Å². The molecular weight excluding hydrogens is 721 g/mol. The molecule has 3 amide bonds. The molecule has 4 saturated heterocycles. The van der Waals surface area contributed by atoms with E-state index in [1.807, 2.05) is 49.4 Å². The molecule has 1 spiro atoms. The smallest absolute Gasteiger partial charge is 0.322 e. The van der Waals surface area contributed by atoms with Crippen molar-refractivity contribution in [2.45, 2.75) is 82.3 Å². The summed E-state index contributed by atoms with van der Waals surface area (Å²) in [4.78, 5) is 41.8. The number of amides is 3. The van der Waals surface area contributed by atoms with E-state index >= 15 is 4.39 Å². The largest absolute Gasteiger partial charge is 0.467 e. The van der Waals surface area contributed by atoms with E-state index < -0.39 is 23.3 Å². The van der Waals surface area contributed by atoms with Crippen molar-refractivity contribution in [2.24, 2.45) is 0 Å². The molecule has 1 aromatic heterocycles. The van der Waals surface area contributed by atoms with Gasteiger partial charge in [-0.1, -0.05) is 43.3 Å². The van der Waals surface area contributed by atoms with Gasteiger partial charge in [0, 0.05) is 48.8 Å². The first-order chi connectivity index (χ1) is 27.2. The number of urea groups is 1. The summed E-state index contributed by atoms with van der Waals surface area (Å²) in [5, 5.41) is 6.98. The van der Waals surface area contributed by atoms with Crippen molar-refractivity contribution < 1.29 is 32.6 Å². The van der Waals surface area contributed by atoms with Gasteiger partial charge in [0.2, 0.25) is 0 Å². The molecule has 4 fully saturated rings. The van der Waals surface area contributed by atoms with E-state index in [9.17, 15) is 14.0 Å². The lowest BCUT2D eigenvalue weighted by atomic mass is 9.88. The van der Waals surface area contributed by atoms with E-state index in [1.165, 1.54) is 6.07 Å². The highest BCUT2D eigenvalue weighted by atomic mass is 19.1. The molecule has 5 aliphatic heterocycles. The highest BCUT2D eigenvalue weighted by Gasteiger charge is 2.51. The Morgan fingerprint density at radius 2 is 1.84 bits per heavy atom. The van der Waals surface area contributed by atoms with Gasteiger partial charge in [-0.15, -0.1) is 0 Å². The van der Waals surface area contributed by atoms with Gasteiger partial charge in [-0.05, 0) is 73.7 Å². The number of imide groups is 1. The summed E-state index contributed by atoms with van der Waals surface area (Å²) in [6.07, 6.45) is 3.62. The standard InChI is InChI=1S/C42H47F2N7O5/c1-2-31-33(44)11-10-28-18-30(56-26-54-23-27-8-4-3-5-9-27)19-35(36(28)31)49-17-12-32-34(22-49)45-40(55-25-41-13-6-16-51(41)21-29(43)20-41)46-37(32)50-15-7-14-42(24-50)38(52)47-39(53)48-42/h3-5,8-11,18-19,29H,2,6-7,12-17,20-26H2,1H3,(H2,47,48,52,53)/t29-,41+,42-/m1/s1. The molecule has 0 aliphatic carbocycles. The minimum absolute atomic E-state index is 0.0413. The summed E-state index contributed by atoms with van der Waals surface area (Å²) in [7, 11) is 0. The SMILES string of the molecule is CCc1c(F)ccc2cc(OCOCc3ccccc3)cc(N3CCc4c(nc(OC[C@@]56CCCN5C[C@H](F)C6)nc4N4CCC[C@]5(C4)NC(=O)NC5=O)C3)c12. The number of carbonyl (C=O) groups is 2. The number of piperidine rings is 1. The fourth-order valence-electron chi connectivity index (χ4n) is 9.61. The number of ether oxygens (including phenoxy) is 3. The van der Waals surface area contributed by atoms with Gasteiger partial charge in [0.15, 0.2) is 6.79 Å². The number of fused-ring (bicyclic) bond motifs is 3. The van der Waals surface area contributed by atoms with Crippen LogP contribution >= 0.6 is 0 Å². The molecule has 0 radical (unpaired) electrons. The second-order valence-electron chi connectivity index (χ2n) is 15.8. The first kappa shape index (κ1) is 36.6. The molecule has 12 nitrogen and oxygen atoms in total. The highest BCUT2D eigenvalue weighted by Crippen LogP contribution is 2.42. The van der Waals surface area contributed by atoms with E-state index in [-0.39, 0.29) is 37.7 Å². The number of aromatic nitrogens is 2. The molecule has 9 rings (SSSR count). The van der Waals surface area contributed by atoms with Crippen molar-refractivity contribution in [2.75, 3.05) is 55.9 Å². The third-order valence-corrected chi connectivity index (χ3v) is 12.3. The molecule has 294 valence electrons. The van der Waals surface area contributed by atoms with Crippen molar-refractivity contribution in [3.63, 3.8) is 0 Å². The second kappa shape index (κ2) is 14.8. The summed E-state index contributed by atoms with van der Waals surface area (Å²) in [6, 6.07) is 16.8. The Kier molecular flexibility index (Phi) is 9.64. The Morgan fingerprint density at radius 3 is 2.66 bits per heavy atom.